The molecule has 36 heavy (non-hydrogen) atoms. The lowest BCUT2D eigenvalue weighted by Gasteiger charge is -2.38. The summed E-state index contributed by atoms with van der Waals surface area (Å²) in [4.78, 5) is 32.0. The fourth-order valence-corrected chi connectivity index (χ4v) is 5.41. The van der Waals surface area contributed by atoms with E-state index in [-0.39, 0.29) is 30.5 Å². The average molecular weight is 487 g/mol. The summed E-state index contributed by atoms with van der Waals surface area (Å²) in [7, 11) is 0. The fourth-order valence-electron chi connectivity index (χ4n) is 5.41. The zero-order valence-corrected chi connectivity index (χ0v) is 21.1. The molecule has 2 aliphatic rings. The number of nitrogens with one attached hydrogen (secondary N) is 1. The minimum absolute atomic E-state index is 0.00626. The fraction of sp³-hybridized carbons (Fsp3) is 0.414. The Kier molecular flexibility index (Phi) is 7.07. The molecule has 2 amide bonds. The number of piperidine rings is 1. The van der Waals surface area contributed by atoms with Crippen molar-refractivity contribution in [3.63, 3.8) is 0 Å². The lowest BCUT2D eigenvalue weighted by Crippen LogP contribution is -2.49. The van der Waals surface area contributed by atoms with Gasteiger partial charge in [-0.25, -0.2) is 4.98 Å². The standard InChI is InChI=1S/C29H34N4O3/c1-20-6-5-7-21(2)33(20)27(34)19-36-26-15-11-23(12-16-26)29(35)31-24-13-9-22(10-14-24)28-30-18-25-8-3-4-17-32(25)28/h9-16,18,20-21H,3-8,17,19H2,1-2H3,(H,31,35). The van der Waals surface area contributed by atoms with Crippen molar-refractivity contribution in [1.29, 1.82) is 0 Å². The van der Waals surface area contributed by atoms with Gasteiger partial charge in [0, 0.05) is 47.3 Å². The average Bonchev–Trinajstić information content (AvgIpc) is 3.32. The van der Waals surface area contributed by atoms with E-state index in [1.807, 2.05) is 35.4 Å². The number of carbonyl (C=O) groups is 2. The number of likely N-dealkylation sites (tertiary alicyclic amines) is 1. The molecule has 0 radical (unpaired) electrons. The molecule has 3 aromatic rings. The highest BCUT2D eigenvalue weighted by atomic mass is 16.5. The molecule has 2 aromatic carbocycles. The first-order valence-electron chi connectivity index (χ1n) is 13.0. The minimum atomic E-state index is -0.195. The van der Waals surface area contributed by atoms with Crippen LogP contribution < -0.4 is 10.1 Å². The smallest absolute Gasteiger partial charge is 0.260 e. The van der Waals surface area contributed by atoms with E-state index >= 15 is 0 Å². The summed E-state index contributed by atoms with van der Waals surface area (Å²) in [6.07, 6.45) is 8.69. The molecule has 1 aromatic heterocycles. The maximum Gasteiger partial charge on any atom is 0.260 e. The summed E-state index contributed by atoms with van der Waals surface area (Å²) in [5.41, 5.74) is 3.59. The maximum absolute atomic E-state index is 12.7. The van der Waals surface area contributed by atoms with Crippen LogP contribution in [0.2, 0.25) is 0 Å². The number of fused-ring (bicyclic) bond motifs is 1. The van der Waals surface area contributed by atoms with Crippen LogP contribution in [0.25, 0.3) is 11.4 Å². The summed E-state index contributed by atoms with van der Waals surface area (Å²) >= 11 is 0. The summed E-state index contributed by atoms with van der Waals surface area (Å²) in [5.74, 6) is 1.38. The lowest BCUT2D eigenvalue weighted by atomic mass is 9.97. The zero-order valence-electron chi connectivity index (χ0n) is 21.1. The predicted molar refractivity (Wildman–Crippen MR) is 140 cm³/mol. The van der Waals surface area contributed by atoms with Gasteiger partial charge in [-0.05, 0) is 101 Å². The molecule has 1 fully saturated rings. The van der Waals surface area contributed by atoms with Crippen molar-refractivity contribution in [1.82, 2.24) is 14.5 Å². The topological polar surface area (TPSA) is 76.5 Å². The number of hydrogen-bond donors (Lipinski definition) is 1. The molecular weight excluding hydrogens is 452 g/mol. The largest absolute Gasteiger partial charge is 0.484 e. The Morgan fingerprint density at radius 2 is 1.69 bits per heavy atom. The lowest BCUT2D eigenvalue weighted by molar-refractivity contribution is -0.139. The second kappa shape index (κ2) is 10.6. The van der Waals surface area contributed by atoms with Crippen molar-refractivity contribution in [2.45, 2.75) is 71.0 Å². The molecule has 0 aliphatic carbocycles. The molecule has 7 nitrogen and oxygen atoms in total. The Hall–Kier alpha value is -3.61. The Bertz CT molecular complexity index is 1210. The molecule has 5 rings (SSSR count). The number of carbonyl (C=O) groups excluding carboxylic acids is 2. The maximum atomic E-state index is 12.7. The number of aryl methyl sites for hydroxylation is 1. The van der Waals surface area contributed by atoms with Gasteiger partial charge in [-0.2, -0.15) is 0 Å². The van der Waals surface area contributed by atoms with Crippen molar-refractivity contribution in [3.05, 3.63) is 66.0 Å². The van der Waals surface area contributed by atoms with Gasteiger partial charge in [-0.1, -0.05) is 0 Å². The molecule has 2 unspecified atom stereocenters. The highest BCUT2D eigenvalue weighted by Gasteiger charge is 2.29. The Morgan fingerprint density at radius 1 is 0.972 bits per heavy atom. The number of imidazole rings is 1. The van der Waals surface area contributed by atoms with Gasteiger partial charge in [0.25, 0.3) is 11.8 Å². The predicted octanol–water partition coefficient (Wildman–Crippen LogP) is 5.31. The van der Waals surface area contributed by atoms with Gasteiger partial charge >= 0.3 is 0 Å². The van der Waals surface area contributed by atoms with Gasteiger partial charge in [0.15, 0.2) is 6.61 Å². The second-order valence-electron chi connectivity index (χ2n) is 9.96. The highest BCUT2D eigenvalue weighted by molar-refractivity contribution is 6.04. The van der Waals surface area contributed by atoms with Crippen LogP contribution in [-0.2, 0) is 17.8 Å². The zero-order chi connectivity index (χ0) is 25.1. The molecule has 7 heteroatoms. The molecule has 1 saturated heterocycles. The van der Waals surface area contributed by atoms with Crippen molar-refractivity contribution in [2.75, 3.05) is 11.9 Å². The van der Waals surface area contributed by atoms with Crippen LogP contribution in [0.3, 0.4) is 0 Å². The SMILES string of the molecule is CC1CCCC(C)N1C(=O)COc1ccc(C(=O)Nc2ccc(-c3ncc4n3CCCC4)cc2)cc1. The number of hydrogen-bond acceptors (Lipinski definition) is 4. The van der Waals surface area contributed by atoms with Crippen molar-refractivity contribution >= 4 is 17.5 Å². The number of ether oxygens (including phenoxy) is 1. The summed E-state index contributed by atoms with van der Waals surface area (Å²) in [6.45, 7) is 5.21. The summed E-state index contributed by atoms with van der Waals surface area (Å²) < 4.78 is 8.02. The van der Waals surface area contributed by atoms with E-state index in [4.69, 9.17) is 4.74 Å². The third-order valence-electron chi connectivity index (χ3n) is 7.36. The molecule has 2 aliphatic heterocycles. The summed E-state index contributed by atoms with van der Waals surface area (Å²) in [5, 5.41) is 2.95. The first-order valence-corrected chi connectivity index (χ1v) is 13.0. The van der Waals surface area contributed by atoms with E-state index in [0.29, 0.717) is 11.3 Å². The number of aromatic nitrogens is 2. The van der Waals surface area contributed by atoms with Crippen LogP contribution in [0.5, 0.6) is 5.75 Å². The van der Waals surface area contributed by atoms with Crippen LogP contribution in [0.4, 0.5) is 5.69 Å². The van der Waals surface area contributed by atoms with Crippen LogP contribution in [0.1, 0.15) is 62.0 Å². The Morgan fingerprint density at radius 3 is 2.42 bits per heavy atom. The molecule has 1 N–H and O–H groups in total. The van der Waals surface area contributed by atoms with Crippen LogP contribution in [-0.4, -0.2) is 45.0 Å². The molecule has 0 spiro atoms. The van der Waals surface area contributed by atoms with Crippen LogP contribution >= 0.6 is 0 Å². The van der Waals surface area contributed by atoms with Gasteiger partial charge < -0.3 is 19.5 Å². The molecule has 188 valence electrons. The second-order valence-corrected chi connectivity index (χ2v) is 9.96. The number of rotatable bonds is 6. The first-order chi connectivity index (χ1) is 17.5. The van der Waals surface area contributed by atoms with E-state index in [0.717, 1.165) is 49.3 Å². The van der Waals surface area contributed by atoms with E-state index in [2.05, 4.69) is 28.7 Å². The number of benzene rings is 2. The molecule has 2 atom stereocenters. The molecule has 3 heterocycles. The monoisotopic (exact) mass is 486 g/mol. The van der Waals surface area contributed by atoms with E-state index < -0.39 is 0 Å². The van der Waals surface area contributed by atoms with Crippen molar-refractivity contribution in [2.24, 2.45) is 0 Å². The van der Waals surface area contributed by atoms with Crippen LogP contribution in [0, 0.1) is 0 Å². The van der Waals surface area contributed by atoms with Gasteiger partial charge in [-0.15, -0.1) is 0 Å². The van der Waals surface area contributed by atoms with Gasteiger partial charge in [-0.3, -0.25) is 9.59 Å². The quantitative estimate of drug-likeness (QED) is 0.513. The van der Waals surface area contributed by atoms with Crippen molar-refractivity contribution < 1.29 is 14.3 Å². The number of nitrogens with zero attached hydrogens (tertiary/aromatic N) is 3. The third kappa shape index (κ3) is 5.15. The Labute approximate surface area is 212 Å². The highest BCUT2D eigenvalue weighted by Crippen LogP contribution is 2.26. The van der Waals surface area contributed by atoms with E-state index in [9.17, 15) is 9.59 Å². The first kappa shape index (κ1) is 24.1. The van der Waals surface area contributed by atoms with Crippen molar-refractivity contribution in [3.8, 4) is 17.1 Å². The van der Waals surface area contributed by atoms with Gasteiger partial charge in [0.1, 0.15) is 11.6 Å². The van der Waals surface area contributed by atoms with E-state index in [1.54, 1.807) is 24.3 Å². The van der Waals surface area contributed by atoms with E-state index in [1.165, 1.54) is 18.5 Å². The normalized spacial score (nSPS) is 19.4. The van der Waals surface area contributed by atoms with Crippen LogP contribution in [0.15, 0.2) is 54.7 Å². The van der Waals surface area contributed by atoms with Gasteiger partial charge in [0.05, 0.1) is 0 Å². The Balaban J connectivity index is 1.16. The minimum Gasteiger partial charge on any atom is -0.484 e. The molecule has 0 saturated carbocycles. The van der Waals surface area contributed by atoms with Gasteiger partial charge in [0.2, 0.25) is 0 Å². The number of anilines is 1. The molecule has 0 bridgehead atoms. The summed E-state index contributed by atoms with van der Waals surface area (Å²) in [6, 6.07) is 15.2. The number of amides is 2. The third-order valence-corrected chi connectivity index (χ3v) is 7.36. The molecular formula is C29H34N4O3.